The molecule has 0 unspecified atom stereocenters. The number of aryl methyl sites for hydroxylation is 1. The molecule has 1 aliphatic heterocycles. The van der Waals surface area contributed by atoms with Crippen molar-refractivity contribution in [2.24, 2.45) is 0 Å². The SMILES string of the molecule is Cc1ccc(-n2ncc3c(N4CCN(c5ccccc5F)CC4)ncnc32)cc1. The minimum atomic E-state index is -0.176. The third-order valence-electron chi connectivity index (χ3n) is 5.40. The quantitative estimate of drug-likeness (QED) is 0.537. The van der Waals surface area contributed by atoms with Gasteiger partial charge in [0, 0.05) is 26.2 Å². The third kappa shape index (κ3) is 3.18. The minimum Gasteiger partial charge on any atom is -0.366 e. The maximum Gasteiger partial charge on any atom is 0.168 e. The number of hydrogen-bond donors (Lipinski definition) is 0. The summed E-state index contributed by atoms with van der Waals surface area (Å²) in [4.78, 5) is 13.3. The Hall–Kier alpha value is -3.48. The Balaban J connectivity index is 1.42. The molecule has 6 nitrogen and oxygen atoms in total. The maximum atomic E-state index is 14.1. The number of hydrogen-bond acceptors (Lipinski definition) is 5. The zero-order valence-electron chi connectivity index (χ0n) is 16.2. The zero-order valence-corrected chi connectivity index (χ0v) is 16.2. The van der Waals surface area contributed by atoms with Crippen LogP contribution in [0.1, 0.15) is 5.56 Å². The van der Waals surface area contributed by atoms with Crippen molar-refractivity contribution in [3.63, 3.8) is 0 Å². The smallest absolute Gasteiger partial charge is 0.168 e. The lowest BCUT2D eigenvalue weighted by Crippen LogP contribution is -2.47. The highest BCUT2D eigenvalue weighted by molar-refractivity contribution is 5.87. The second kappa shape index (κ2) is 7.16. The summed E-state index contributed by atoms with van der Waals surface area (Å²) in [5.41, 5.74) is 3.62. The minimum absolute atomic E-state index is 0.176. The molecule has 1 fully saturated rings. The first-order valence-corrected chi connectivity index (χ1v) is 9.71. The summed E-state index contributed by atoms with van der Waals surface area (Å²) in [5.74, 6) is 0.700. The molecule has 1 saturated heterocycles. The van der Waals surface area contributed by atoms with Gasteiger partial charge in [0.1, 0.15) is 18.0 Å². The Morgan fingerprint density at radius 2 is 1.59 bits per heavy atom. The lowest BCUT2D eigenvalue weighted by molar-refractivity contribution is 0.596. The van der Waals surface area contributed by atoms with Gasteiger partial charge in [0.15, 0.2) is 5.65 Å². The van der Waals surface area contributed by atoms with Gasteiger partial charge in [0.05, 0.1) is 23.0 Å². The summed E-state index contributed by atoms with van der Waals surface area (Å²) in [7, 11) is 0. The first-order valence-electron chi connectivity index (χ1n) is 9.71. The molecule has 5 rings (SSSR count). The molecule has 0 radical (unpaired) electrons. The van der Waals surface area contributed by atoms with Gasteiger partial charge >= 0.3 is 0 Å². The Labute approximate surface area is 168 Å². The number of aromatic nitrogens is 4. The summed E-state index contributed by atoms with van der Waals surface area (Å²) < 4.78 is 15.9. The largest absolute Gasteiger partial charge is 0.366 e. The Morgan fingerprint density at radius 1 is 0.862 bits per heavy atom. The van der Waals surface area contributed by atoms with E-state index in [0.29, 0.717) is 5.69 Å². The number of piperazine rings is 1. The van der Waals surface area contributed by atoms with Gasteiger partial charge in [-0.05, 0) is 31.2 Å². The lowest BCUT2D eigenvalue weighted by Gasteiger charge is -2.36. The zero-order chi connectivity index (χ0) is 19.8. The highest BCUT2D eigenvalue weighted by Crippen LogP contribution is 2.27. The number of anilines is 2. The molecule has 0 amide bonds. The van der Waals surface area contributed by atoms with E-state index in [2.05, 4.69) is 43.9 Å². The van der Waals surface area contributed by atoms with E-state index in [9.17, 15) is 4.39 Å². The molecule has 29 heavy (non-hydrogen) atoms. The van der Waals surface area contributed by atoms with Crippen molar-refractivity contribution in [1.29, 1.82) is 0 Å². The van der Waals surface area contributed by atoms with E-state index in [0.717, 1.165) is 48.7 Å². The number of para-hydroxylation sites is 1. The van der Waals surface area contributed by atoms with Crippen molar-refractivity contribution in [1.82, 2.24) is 19.7 Å². The third-order valence-corrected chi connectivity index (χ3v) is 5.40. The Kier molecular flexibility index (Phi) is 4.35. The van der Waals surface area contributed by atoms with E-state index >= 15 is 0 Å². The molecular formula is C22H21FN6. The van der Waals surface area contributed by atoms with E-state index in [1.54, 1.807) is 12.4 Å². The summed E-state index contributed by atoms with van der Waals surface area (Å²) in [5, 5.41) is 5.48. The van der Waals surface area contributed by atoms with Gasteiger partial charge in [-0.2, -0.15) is 5.10 Å². The van der Waals surface area contributed by atoms with Crippen LogP contribution in [0, 0.1) is 12.7 Å². The van der Waals surface area contributed by atoms with Crippen molar-refractivity contribution in [3.8, 4) is 5.69 Å². The molecule has 3 heterocycles. The van der Waals surface area contributed by atoms with Crippen LogP contribution in [-0.2, 0) is 0 Å². The number of rotatable bonds is 3. The van der Waals surface area contributed by atoms with Crippen LogP contribution >= 0.6 is 0 Å². The number of fused-ring (bicyclic) bond motifs is 1. The number of benzene rings is 2. The van der Waals surface area contributed by atoms with Crippen molar-refractivity contribution >= 4 is 22.5 Å². The monoisotopic (exact) mass is 388 g/mol. The van der Waals surface area contributed by atoms with E-state index in [-0.39, 0.29) is 5.82 Å². The van der Waals surface area contributed by atoms with Crippen molar-refractivity contribution in [2.45, 2.75) is 6.92 Å². The predicted molar refractivity (Wildman–Crippen MR) is 112 cm³/mol. The van der Waals surface area contributed by atoms with Crippen molar-refractivity contribution in [3.05, 3.63) is 72.4 Å². The van der Waals surface area contributed by atoms with Gasteiger partial charge in [-0.25, -0.2) is 19.0 Å². The molecule has 0 atom stereocenters. The second-order valence-electron chi connectivity index (χ2n) is 7.25. The molecule has 2 aromatic heterocycles. The summed E-state index contributed by atoms with van der Waals surface area (Å²) in [6, 6.07) is 15.1. The average molecular weight is 388 g/mol. The van der Waals surface area contributed by atoms with Crippen LogP contribution in [0.2, 0.25) is 0 Å². The van der Waals surface area contributed by atoms with Gasteiger partial charge in [0.2, 0.25) is 0 Å². The van der Waals surface area contributed by atoms with Gasteiger partial charge in [-0.1, -0.05) is 29.8 Å². The summed E-state index contributed by atoms with van der Waals surface area (Å²) in [6.45, 7) is 5.05. The highest BCUT2D eigenvalue weighted by Gasteiger charge is 2.23. The molecule has 2 aromatic carbocycles. The van der Waals surface area contributed by atoms with Crippen LogP contribution in [0.25, 0.3) is 16.7 Å². The van der Waals surface area contributed by atoms with Crippen molar-refractivity contribution < 1.29 is 4.39 Å². The van der Waals surface area contributed by atoms with Crippen LogP contribution in [-0.4, -0.2) is 45.9 Å². The van der Waals surface area contributed by atoms with Crippen LogP contribution in [0.5, 0.6) is 0 Å². The number of nitrogens with zero attached hydrogens (tertiary/aromatic N) is 6. The molecule has 7 heteroatoms. The molecule has 0 aliphatic carbocycles. The van der Waals surface area contributed by atoms with Gasteiger partial charge in [-0.3, -0.25) is 0 Å². The second-order valence-corrected chi connectivity index (χ2v) is 7.25. The molecule has 1 aliphatic rings. The first kappa shape index (κ1) is 17.6. The van der Waals surface area contributed by atoms with Gasteiger partial charge in [0.25, 0.3) is 0 Å². The Morgan fingerprint density at radius 3 is 2.34 bits per heavy atom. The molecule has 0 bridgehead atoms. The molecule has 0 saturated carbocycles. The fraction of sp³-hybridized carbons (Fsp3) is 0.227. The van der Waals surface area contributed by atoms with Crippen LogP contribution in [0.4, 0.5) is 15.9 Å². The molecular weight excluding hydrogens is 367 g/mol. The topological polar surface area (TPSA) is 50.1 Å². The van der Waals surface area contributed by atoms with E-state index in [4.69, 9.17) is 0 Å². The number of halogens is 1. The lowest BCUT2D eigenvalue weighted by atomic mass is 10.2. The average Bonchev–Trinajstić information content (AvgIpc) is 3.19. The standard InChI is InChI=1S/C22H21FN6/c1-16-6-8-17(9-7-16)29-22-18(14-26-29)21(24-15-25-22)28-12-10-27(11-13-28)20-5-3-2-4-19(20)23/h2-9,14-15H,10-13H2,1H3. The highest BCUT2D eigenvalue weighted by atomic mass is 19.1. The maximum absolute atomic E-state index is 14.1. The van der Waals surface area contributed by atoms with Gasteiger partial charge < -0.3 is 9.80 Å². The molecule has 4 aromatic rings. The van der Waals surface area contributed by atoms with Crippen LogP contribution in [0.15, 0.2) is 61.1 Å². The van der Waals surface area contributed by atoms with Crippen molar-refractivity contribution in [2.75, 3.05) is 36.0 Å². The van der Waals surface area contributed by atoms with E-state index in [1.807, 2.05) is 35.1 Å². The molecule has 0 spiro atoms. The van der Waals surface area contributed by atoms with Crippen LogP contribution < -0.4 is 9.80 Å². The molecule has 0 N–H and O–H groups in total. The first-order chi connectivity index (χ1) is 14.2. The fourth-order valence-corrected chi connectivity index (χ4v) is 3.83. The normalized spacial score (nSPS) is 14.6. The fourth-order valence-electron chi connectivity index (χ4n) is 3.83. The Bertz CT molecular complexity index is 1150. The van der Waals surface area contributed by atoms with E-state index in [1.165, 1.54) is 11.6 Å². The summed E-state index contributed by atoms with van der Waals surface area (Å²) >= 11 is 0. The van der Waals surface area contributed by atoms with E-state index < -0.39 is 0 Å². The predicted octanol–water partition coefficient (Wildman–Crippen LogP) is 3.59. The molecule has 146 valence electrons. The van der Waals surface area contributed by atoms with Gasteiger partial charge in [-0.15, -0.1) is 0 Å². The summed E-state index contributed by atoms with van der Waals surface area (Å²) in [6.07, 6.45) is 3.42. The van der Waals surface area contributed by atoms with Crippen LogP contribution in [0.3, 0.4) is 0 Å².